The Bertz CT molecular complexity index is 1170. The summed E-state index contributed by atoms with van der Waals surface area (Å²) in [4.78, 5) is 28.9. The van der Waals surface area contributed by atoms with Crippen LogP contribution in [0.1, 0.15) is 32.4 Å². The lowest BCUT2D eigenvalue weighted by Crippen LogP contribution is -2.16. The van der Waals surface area contributed by atoms with Crippen molar-refractivity contribution in [1.82, 2.24) is 9.55 Å². The van der Waals surface area contributed by atoms with Crippen molar-refractivity contribution in [2.75, 3.05) is 19.8 Å². The van der Waals surface area contributed by atoms with E-state index in [1.165, 1.54) is 17.4 Å². The van der Waals surface area contributed by atoms with Crippen LogP contribution < -0.4 is 9.47 Å². The fourth-order valence-corrected chi connectivity index (χ4v) is 4.07. The Morgan fingerprint density at radius 1 is 1.16 bits per heavy atom. The van der Waals surface area contributed by atoms with Crippen LogP contribution in [-0.4, -0.2) is 41.1 Å². The molecule has 0 saturated carbocycles. The van der Waals surface area contributed by atoms with Crippen LogP contribution in [0.2, 0.25) is 0 Å². The Morgan fingerprint density at radius 3 is 2.68 bits per heavy atom. The average molecular weight is 439 g/mol. The van der Waals surface area contributed by atoms with Gasteiger partial charge >= 0.3 is 5.97 Å². The zero-order valence-electron chi connectivity index (χ0n) is 17.5. The minimum atomic E-state index is -0.584. The molecule has 2 aromatic heterocycles. The first-order chi connectivity index (χ1) is 14.9. The van der Waals surface area contributed by atoms with Gasteiger partial charge in [0.05, 0.1) is 10.7 Å². The lowest BCUT2D eigenvalue weighted by atomic mass is 10.1. The molecule has 8 heteroatoms. The molecule has 1 aliphatic rings. The molecule has 160 valence electrons. The summed E-state index contributed by atoms with van der Waals surface area (Å²) in [7, 11) is 0. The second-order valence-corrected chi connectivity index (χ2v) is 8.17. The normalized spacial score (nSPS) is 12.9. The van der Waals surface area contributed by atoms with Crippen LogP contribution in [0.25, 0.3) is 11.8 Å². The highest BCUT2D eigenvalue weighted by molar-refractivity contribution is 7.09. The maximum Gasteiger partial charge on any atom is 0.331 e. The molecule has 0 fully saturated rings. The van der Waals surface area contributed by atoms with Gasteiger partial charge in [0.25, 0.3) is 0 Å². The molecule has 1 aromatic carbocycles. The molecule has 0 N–H and O–H groups in total. The highest BCUT2D eigenvalue weighted by atomic mass is 32.1. The van der Waals surface area contributed by atoms with Gasteiger partial charge in [-0.05, 0) is 45.0 Å². The van der Waals surface area contributed by atoms with Crippen molar-refractivity contribution < 1.29 is 23.8 Å². The van der Waals surface area contributed by atoms with Crippen molar-refractivity contribution in [3.05, 3.63) is 63.4 Å². The van der Waals surface area contributed by atoms with Crippen LogP contribution in [0, 0.1) is 20.8 Å². The number of nitrogens with zero attached hydrogens (tertiary/aromatic N) is 2. The number of hydrogen-bond donors (Lipinski definition) is 0. The average Bonchev–Trinajstić information content (AvgIpc) is 3.32. The van der Waals surface area contributed by atoms with Gasteiger partial charge < -0.3 is 18.8 Å². The molecule has 0 aliphatic carbocycles. The minimum absolute atomic E-state index is 0.261. The number of ketones is 1. The molecule has 0 spiro atoms. The zero-order chi connectivity index (χ0) is 22.0. The van der Waals surface area contributed by atoms with E-state index in [9.17, 15) is 9.59 Å². The van der Waals surface area contributed by atoms with E-state index in [4.69, 9.17) is 14.2 Å². The molecule has 1 aliphatic heterocycles. The van der Waals surface area contributed by atoms with Gasteiger partial charge in [-0.25, -0.2) is 9.78 Å². The first kappa shape index (κ1) is 20.9. The Hall–Kier alpha value is -3.39. The van der Waals surface area contributed by atoms with E-state index in [1.54, 1.807) is 12.1 Å². The second-order valence-electron chi connectivity index (χ2n) is 7.10. The van der Waals surface area contributed by atoms with Gasteiger partial charge in [0.1, 0.15) is 13.2 Å². The maximum atomic E-state index is 12.7. The highest BCUT2D eigenvalue weighted by Crippen LogP contribution is 2.33. The van der Waals surface area contributed by atoms with Gasteiger partial charge in [-0.1, -0.05) is 0 Å². The van der Waals surface area contributed by atoms with Crippen LogP contribution >= 0.6 is 11.3 Å². The number of esters is 1. The number of ether oxygens (including phenoxy) is 3. The first-order valence-corrected chi connectivity index (χ1v) is 10.7. The molecular formula is C23H22N2O5S. The largest absolute Gasteiger partial charge is 0.486 e. The first-order valence-electron chi connectivity index (χ1n) is 9.81. The van der Waals surface area contributed by atoms with E-state index in [0.29, 0.717) is 36.0 Å². The Kier molecular flexibility index (Phi) is 5.90. The van der Waals surface area contributed by atoms with Crippen LogP contribution in [0.5, 0.6) is 11.5 Å². The molecule has 0 amide bonds. The van der Waals surface area contributed by atoms with Crippen molar-refractivity contribution in [3.8, 4) is 17.2 Å². The van der Waals surface area contributed by atoms with Gasteiger partial charge in [-0.15, -0.1) is 11.3 Å². The number of rotatable bonds is 6. The summed E-state index contributed by atoms with van der Waals surface area (Å²) in [6, 6.07) is 7.49. The highest BCUT2D eigenvalue weighted by Gasteiger charge is 2.19. The fourth-order valence-electron chi connectivity index (χ4n) is 3.49. The molecule has 7 nitrogen and oxygen atoms in total. The van der Waals surface area contributed by atoms with Crippen molar-refractivity contribution in [2.24, 2.45) is 0 Å². The van der Waals surface area contributed by atoms with Crippen molar-refractivity contribution in [2.45, 2.75) is 20.8 Å². The third-order valence-electron chi connectivity index (χ3n) is 4.89. The predicted octanol–water partition coefficient (Wildman–Crippen LogP) is 4.07. The number of benzene rings is 1. The number of Topliss-reactive ketones (excluding diaryl/α,β-unsaturated/α-hetero) is 1. The van der Waals surface area contributed by atoms with Gasteiger partial charge in [0, 0.05) is 40.2 Å². The summed E-state index contributed by atoms with van der Waals surface area (Å²) < 4.78 is 18.3. The van der Waals surface area contributed by atoms with Crippen LogP contribution in [0.15, 0.2) is 35.7 Å². The third kappa shape index (κ3) is 4.54. The second kappa shape index (κ2) is 8.77. The molecule has 31 heavy (non-hydrogen) atoms. The maximum absolute atomic E-state index is 12.7. The topological polar surface area (TPSA) is 79.7 Å². The molecule has 0 unspecified atom stereocenters. The third-order valence-corrected chi connectivity index (χ3v) is 5.68. The summed E-state index contributed by atoms with van der Waals surface area (Å²) in [5, 5.41) is 2.76. The van der Waals surface area contributed by atoms with E-state index in [2.05, 4.69) is 4.98 Å². The Morgan fingerprint density at radius 2 is 1.94 bits per heavy atom. The van der Waals surface area contributed by atoms with Crippen molar-refractivity contribution in [1.29, 1.82) is 0 Å². The molecule has 3 aromatic rings. The fraction of sp³-hybridized carbons (Fsp3) is 0.261. The van der Waals surface area contributed by atoms with E-state index in [0.717, 1.165) is 22.1 Å². The van der Waals surface area contributed by atoms with Gasteiger partial charge in [-0.2, -0.15) is 0 Å². The number of hydrogen-bond acceptors (Lipinski definition) is 7. The van der Waals surface area contributed by atoms with Crippen molar-refractivity contribution >= 4 is 29.2 Å². The number of fused-ring (bicyclic) bond motifs is 1. The summed E-state index contributed by atoms with van der Waals surface area (Å²) in [5.74, 6) is 0.546. The van der Waals surface area contributed by atoms with Crippen LogP contribution in [-0.2, 0) is 9.53 Å². The zero-order valence-corrected chi connectivity index (χ0v) is 18.3. The number of aryl methyl sites for hydroxylation is 2. The van der Waals surface area contributed by atoms with Gasteiger partial charge in [-0.3, -0.25) is 4.79 Å². The SMILES string of the molecule is Cc1nc(/C=C/C(=O)OCC(=O)c2cc(C)n(-c3ccc4c(c3)OCCO4)c2C)cs1. The summed E-state index contributed by atoms with van der Waals surface area (Å²) >= 11 is 1.50. The lowest BCUT2D eigenvalue weighted by Gasteiger charge is -2.20. The van der Waals surface area contributed by atoms with Gasteiger partial charge in [0.2, 0.25) is 5.78 Å². The monoisotopic (exact) mass is 438 g/mol. The van der Waals surface area contributed by atoms with Gasteiger partial charge in [0.15, 0.2) is 18.1 Å². The quantitative estimate of drug-likeness (QED) is 0.328. The number of thiazole rings is 1. The summed E-state index contributed by atoms with van der Waals surface area (Å²) in [6.45, 7) is 6.38. The molecule has 0 saturated heterocycles. The molecule has 4 rings (SSSR count). The minimum Gasteiger partial charge on any atom is -0.486 e. The summed E-state index contributed by atoms with van der Waals surface area (Å²) in [5.41, 5.74) is 3.73. The van der Waals surface area contributed by atoms with E-state index in [-0.39, 0.29) is 12.4 Å². The molecule has 3 heterocycles. The molecular weight excluding hydrogens is 416 g/mol. The lowest BCUT2D eigenvalue weighted by molar-refractivity contribution is -0.136. The number of carbonyl (C=O) groups excluding carboxylic acids is 2. The van der Waals surface area contributed by atoms with E-state index >= 15 is 0 Å². The van der Waals surface area contributed by atoms with E-state index < -0.39 is 5.97 Å². The van der Waals surface area contributed by atoms with Crippen LogP contribution in [0.3, 0.4) is 0 Å². The Balaban J connectivity index is 1.46. The van der Waals surface area contributed by atoms with E-state index in [1.807, 2.05) is 48.9 Å². The number of aromatic nitrogens is 2. The smallest absolute Gasteiger partial charge is 0.331 e. The number of carbonyl (C=O) groups is 2. The molecule has 0 radical (unpaired) electrons. The molecule has 0 bridgehead atoms. The molecule has 0 atom stereocenters. The Labute approximate surface area is 183 Å². The summed E-state index contributed by atoms with van der Waals surface area (Å²) in [6.07, 6.45) is 2.85. The van der Waals surface area contributed by atoms with Crippen LogP contribution in [0.4, 0.5) is 0 Å². The predicted molar refractivity (Wildman–Crippen MR) is 117 cm³/mol. The standard InChI is InChI=1S/C23H22N2O5S/c1-14-10-19(20(26)12-30-23(27)7-4-17-13-31-16(3)24-17)15(2)25(14)18-5-6-21-22(11-18)29-9-8-28-21/h4-7,10-11,13H,8-9,12H2,1-3H3/b7-4+. The van der Waals surface area contributed by atoms with Crippen molar-refractivity contribution in [3.63, 3.8) is 0 Å².